The number of aryl methyl sites for hydroxylation is 1. The van der Waals surface area contributed by atoms with Gasteiger partial charge in [-0.05, 0) is 35.1 Å². The minimum atomic E-state index is -0.520. The maximum atomic E-state index is 14.4. The van der Waals surface area contributed by atoms with E-state index >= 15 is 0 Å². The summed E-state index contributed by atoms with van der Waals surface area (Å²) in [5, 5.41) is 21.2. The molecule has 0 radical (unpaired) electrons. The van der Waals surface area contributed by atoms with Crippen LogP contribution in [0.3, 0.4) is 0 Å². The highest BCUT2D eigenvalue weighted by molar-refractivity contribution is 7.23. The summed E-state index contributed by atoms with van der Waals surface area (Å²) in [5.74, 6) is -0.388. The number of aromatic amines is 1. The summed E-state index contributed by atoms with van der Waals surface area (Å²) in [4.78, 5) is 4.08. The van der Waals surface area contributed by atoms with Gasteiger partial charge in [0.25, 0.3) is 0 Å². The summed E-state index contributed by atoms with van der Waals surface area (Å²) in [6, 6.07) is 7.74. The fourth-order valence-corrected chi connectivity index (χ4v) is 4.22. The zero-order valence-corrected chi connectivity index (χ0v) is 14.9. The van der Waals surface area contributed by atoms with Gasteiger partial charge in [-0.3, -0.25) is 5.10 Å². The van der Waals surface area contributed by atoms with Crippen LogP contribution >= 0.6 is 11.3 Å². The number of aliphatic hydroxyl groups excluding tert-OH is 1. The highest BCUT2D eigenvalue weighted by atomic mass is 32.1. The molecule has 0 saturated carbocycles. The number of rotatable bonds is 5. The van der Waals surface area contributed by atoms with E-state index in [1.165, 1.54) is 12.3 Å². The van der Waals surface area contributed by atoms with Gasteiger partial charge >= 0.3 is 0 Å². The van der Waals surface area contributed by atoms with E-state index in [9.17, 15) is 9.50 Å². The second kappa shape index (κ2) is 6.86. The molecule has 1 aromatic carbocycles. The Kier molecular flexibility index (Phi) is 4.40. The molecule has 0 saturated heterocycles. The smallest absolute Gasteiger partial charge is 0.171 e. The normalized spacial score (nSPS) is 11.2. The molecule has 0 spiro atoms. The van der Waals surface area contributed by atoms with Gasteiger partial charge in [0.15, 0.2) is 11.6 Å². The van der Waals surface area contributed by atoms with Crippen molar-refractivity contribution in [3.05, 3.63) is 59.8 Å². The SMILES string of the molecule is CCc1c(Nc2nccc(CO)c2F)sc2cc(-c3cn[nH]c3)ccc12. The third kappa shape index (κ3) is 2.85. The molecule has 26 heavy (non-hydrogen) atoms. The number of fused-ring (bicyclic) bond motifs is 1. The average molecular weight is 368 g/mol. The quantitative estimate of drug-likeness (QED) is 0.480. The number of pyridine rings is 1. The van der Waals surface area contributed by atoms with Crippen molar-refractivity contribution in [2.45, 2.75) is 20.0 Å². The molecule has 0 aliphatic heterocycles. The lowest BCUT2D eigenvalue weighted by atomic mass is 10.1. The van der Waals surface area contributed by atoms with Gasteiger partial charge in [0.1, 0.15) is 0 Å². The number of H-pyrrole nitrogens is 1. The van der Waals surface area contributed by atoms with Crippen molar-refractivity contribution in [1.29, 1.82) is 0 Å². The summed E-state index contributed by atoms with van der Waals surface area (Å²) < 4.78 is 15.5. The molecule has 5 nitrogen and oxygen atoms in total. The molecule has 4 aromatic rings. The predicted octanol–water partition coefficient (Wildman–Crippen LogP) is 4.62. The van der Waals surface area contributed by atoms with E-state index in [-0.39, 0.29) is 18.0 Å². The van der Waals surface area contributed by atoms with Crippen molar-refractivity contribution in [3.8, 4) is 11.1 Å². The fraction of sp³-hybridized carbons (Fsp3) is 0.158. The number of nitrogens with zero attached hydrogens (tertiary/aromatic N) is 2. The zero-order chi connectivity index (χ0) is 18.1. The molecule has 3 aromatic heterocycles. The Morgan fingerprint density at radius 3 is 2.88 bits per heavy atom. The van der Waals surface area contributed by atoms with Crippen molar-refractivity contribution < 1.29 is 9.50 Å². The van der Waals surface area contributed by atoms with Gasteiger partial charge in [-0.2, -0.15) is 5.10 Å². The van der Waals surface area contributed by atoms with Crippen LogP contribution in [0.4, 0.5) is 15.2 Å². The first-order chi connectivity index (χ1) is 12.7. The van der Waals surface area contributed by atoms with Crippen LogP contribution in [0.15, 0.2) is 42.9 Å². The molecule has 0 bridgehead atoms. The molecule has 4 rings (SSSR count). The summed E-state index contributed by atoms with van der Waals surface area (Å²) >= 11 is 1.57. The first kappa shape index (κ1) is 16.7. The number of hydrogen-bond donors (Lipinski definition) is 3. The van der Waals surface area contributed by atoms with Crippen LogP contribution in [0.1, 0.15) is 18.1 Å². The largest absolute Gasteiger partial charge is 0.392 e. The summed E-state index contributed by atoms with van der Waals surface area (Å²) in [7, 11) is 0. The van der Waals surface area contributed by atoms with Crippen LogP contribution in [0.5, 0.6) is 0 Å². The van der Waals surface area contributed by atoms with Crippen LogP contribution < -0.4 is 5.32 Å². The average Bonchev–Trinajstić information content (AvgIpc) is 3.30. The number of hydrogen-bond acceptors (Lipinski definition) is 5. The minimum Gasteiger partial charge on any atom is -0.392 e. The van der Waals surface area contributed by atoms with Crippen LogP contribution in [0.2, 0.25) is 0 Å². The lowest BCUT2D eigenvalue weighted by Gasteiger charge is -2.08. The number of thiophene rings is 1. The van der Waals surface area contributed by atoms with Gasteiger partial charge in [-0.15, -0.1) is 11.3 Å². The molecule has 7 heteroatoms. The number of halogens is 1. The molecule has 0 unspecified atom stereocenters. The van der Waals surface area contributed by atoms with Gasteiger partial charge in [-0.1, -0.05) is 19.1 Å². The predicted molar refractivity (Wildman–Crippen MR) is 102 cm³/mol. The van der Waals surface area contributed by atoms with Crippen molar-refractivity contribution >= 4 is 32.2 Å². The van der Waals surface area contributed by atoms with Gasteiger partial charge in [0.2, 0.25) is 0 Å². The monoisotopic (exact) mass is 368 g/mol. The standard InChI is InChI=1S/C19H17FN4OS/c1-2-14-15-4-3-11(13-8-22-23-9-13)7-16(15)26-19(14)24-18-17(20)12(10-25)5-6-21-18/h3-9,25H,2,10H2,1H3,(H,21,24)(H,22,23). The number of nitrogens with one attached hydrogen (secondary N) is 2. The highest BCUT2D eigenvalue weighted by Crippen LogP contribution is 2.39. The van der Waals surface area contributed by atoms with E-state index in [2.05, 4.69) is 45.6 Å². The van der Waals surface area contributed by atoms with E-state index < -0.39 is 5.82 Å². The lowest BCUT2D eigenvalue weighted by Crippen LogP contribution is -2.01. The Bertz CT molecular complexity index is 1060. The Hall–Kier alpha value is -2.77. The van der Waals surface area contributed by atoms with E-state index in [4.69, 9.17) is 0 Å². The van der Waals surface area contributed by atoms with E-state index in [1.807, 2.05) is 6.20 Å². The van der Waals surface area contributed by atoms with E-state index in [0.717, 1.165) is 38.2 Å². The highest BCUT2D eigenvalue weighted by Gasteiger charge is 2.15. The Morgan fingerprint density at radius 1 is 1.27 bits per heavy atom. The van der Waals surface area contributed by atoms with Gasteiger partial charge in [-0.25, -0.2) is 9.37 Å². The second-order valence-electron chi connectivity index (χ2n) is 5.88. The number of benzene rings is 1. The summed E-state index contributed by atoms with van der Waals surface area (Å²) in [6.07, 6.45) is 5.95. The molecule has 0 aliphatic carbocycles. The summed E-state index contributed by atoms with van der Waals surface area (Å²) in [6.45, 7) is 1.72. The third-order valence-corrected chi connectivity index (χ3v) is 5.46. The van der Waals surface area contributed by atoms with Crippen LogP contribution in [0.25, 0.3) is 21.2 Å². The molecule has 0 atom stereocenters. The molecular weight excluding hydrogens is 351 g/mol. The van der Waals surface area contributed by atoms with Crippen LogP contribution in [-0.4, -0.2) is 20.3 Å². The zero-order valence-electron chi connectivity index (χ0n) is 14.1. The Morgan fingerprint density at radius 2 is 2.15 bits per heavy atom. The second-order valence-corrected chi connectivity index (χ2v) is 6.93. The van der Waals surface area contributed by atoms with Crippen molar-refractivity contribution in [3.63, 3.8) is 0 Å². The molecule has 3 heterocycles. The molecule has 3 N–H and O–H groups in total. The molecule has 0 aliphatic rings. The first-order valence-electron chi connectivity index (χ1n) is 8.27. The Labute approximate surface area is 153 Å². The van der Waals surface area contributed by atoms with E-state index in [1.54, 1.807) is 17.5 Å². The van der Waals surface area contributed by atoms with Gasteiger partial charge in [0.05, 0.1) is 17.8 Å². The lowest BCUT2D eigenvalue weighted by molar-refractivity contribution is 0.275. The van der Waals surface area contributed by atoms with Crippen molar-refractivity contribution in [2.24, 2.45) is 0 Å². The molecule has 0 amide bonds. The first-order valence-corrected chi connectivity index (χ1v) is 9.08. The molecule has 0 fully saturated rings. The van der Waals surface area contributed by atoms with Gasteiger partial charge in [0, 0.05) is 28.2 Å². The van der Waals surface area contributed by atoms with Crippen molar-refractivity contribution in [1.82, 2.24) is 15.2 Å². The number of anilines is 2. The van der Waals surface area contributed by atoms with Crippen molar-refractivity contribution in [2.75, 3.05) is 5.32 Å². The number of aliphatic hydroxyl groups is 1. The molecule has 132 valence electrons. The maximum Gasteiger partial charge on any atom is 0.171 e. The van der Waals surface area contributed by atoms with E-state index in [0.29, 0.717) is 0 Å². The van der Waals surface area contributed by atoms with Crippen LogP contribution in [0, 0.1) is 5.82 Å². The topological polar surface area (TPSA) is 73.8 Å². The van der Waals surface area contributed by atoms with Gasteiger partial charge < -0.3 is 10.4 Å². The molecular formula is C19H17FN4OS. The third-order valence-electron chi connectivity index (χ3n) is 4.35. The fourth-order valence-electron chi connectivity index (χ4n) is 2.99. The number of aromatic nitrogens is 3. The Balaban J connectivity index is 1.78. The minimum absolute atomic E-state index is 0.132. The van der Waals surface area contributed by atoms with Crippen LogP contribution in [-0.2, 0) is 13.0 Å². The maximum absolute atomic E-state index is 14.4. The summed E-state index contributed by atoms with van der Waals surface area (Å²) in [5.41, 5.74) is 3.45.